The maximum atomic E-state index is 5.87. The minimum absolute atomic E-state index is 0.446. The highest BCUT2D eigenvalue weighted by Crippen LogP contribution is 2.16. The molecule has 3 N–H and O–H groups in total. The molecule has 15 heavy (non-hydrogen) atoms. The predicted molar refractivity (Wildman–Crippen MR) is 64.1 cm³/mol. The summed E-state index contributed by atoms with van der Waals surface area (Å²) in [5.41, 5.74) is 8.97. The van der Waals surface area contributed by atoms with Crippen LogP contribution in [0.15, 0.2) is 10.9 Å². The third-order valence-corrected chi connectivity index (χ3v) is 3.70. The minimum atomic E-state index is 0.446. The van der Waals surface area contributed by atoms with E-state index in [9.17, 15) is 0 Å². The van der Waals surface area contributed by atoms with Gasteiger partial charge in [0.05, 0.1) is 11.2 Å². The van der Waals surface area contributed by atoms with E-state index in [1.807, 2.05) is 5.51 Å². The second-order valence-electron chi connectivity index (χ2n) is 4.30. The Morgan fingerprint density at radius 3 is 2.87 bits per heavy atom. The van der Waals surface area contributed by atoms with Crippen LogP contribution >= 0.6 is 11.3 Å². The van der Waals surface area contributed by atoms with E-state index in [0.717, 1.165) is 13.0 Å². The van der Waals surface area contributed by atoms with Crippen molar-refractivity contribution in [2.24, 2.45) is 5.73 Å². The summed E-state index contributed by atoms with van der Waals surface area (Å²) in [5, 5.41) is 5.71. The number of nitrogens with zero attached hydrogens (tertiary/aromatic N) is 1. The van der Waals surface area contributed by atoms with E-state index in [2.05, 4.69) is 15.7 Å². The van der Waals surface area contributed by atoms with Crippen LogP contribution in [-0.4, -0.2) is 23.6 Å². The monoisotopic (exact) mass is 225 g/mol. The van der Waals surface area contributed by atoms with Gasteiger partial charge in [0.15, 0.2) is 0 Å². The first-order valence-corrected chi connectivity index (χ1v) is 6.65. The average molecular weight is 225 g/mol. The first kappa shape index (κ1) is 11.0. The number of aromatic nitrogens is 1. The van der Waals surface area contributed by atoms with Crippen molar-refractivity contribution in [1.82, 2.24) is 10.3 Å². The lowest BCUT2D eigenvalue weighted by atomic mass is 9.92. The number of nitrogens with two attached hydrogens (primary N) is 1. The van der Waals surface area contributed by atoms with Gasteiger partial charge in [-0.3, -0.25) is 0 Å². The molecule has 0 saturated heterocycles. The maximum absolute atomic E-state index is 5.87. The van der Waals surface area contributed by atoms with Crippen LogP contribution in [0.25, 0.3) is 0 Å². The van der Waals surface area contributed by atoms with Gasteiger partial charge in [0.25, 0.3) is 0 Å². The topological polar surface area (TPSA) is 50.9 Å². The van der Waals surface area contributed by atoms with Crippen molar-refractivity contribution < 1.29 is 0 Å². The Bertz CT molecular complexity index is 265. The van der Waals surface area contributed by atoms with Crippen molar-refractivity contribution in [2.45, 2.75) is 44.2 Å². The molecule has 1 aliphatic rings. The van der Waals surface area contributed by atoms with Gasteiger partial charge in [-0.15, -0.1) is 11.3 Å². The third kappa shape index (κ3) is 3.55. The molecule has 0 radical (unpaired) electrons. The lowest BCUT2D eigenvalue weighted by Gasteiger charge is -2.26. The molecule has 0 atom stereocenters. The summed E-state index contributed by atoms with van der Waals surface area (Å²) in [6.07, 6.45) is 5.87. The Kier molecular flexibility index (Phi) is 4.11. The SMILES string of the molecule is NC1CCC(NCCc2cscn2)CC1. The zero-order valence-corrected chi connectivity index (χ0v) is 9.80. The first-order chi connectivity index (χ1) is 7.34. The summed E-state index contributed by atoms with van der Waals surface area (Å²) in [6, 6.07) is 1.13. The highest BCUT2D eigenvalue weighted by molar-refractivity contribution is 7.07. The van der Waals surface area contributed by atoms with E-state index in [1.165, 1.54) is 31.4 Å². The predicted octanol–water partition coefficient (Wildman–Crippen LogP) is 1.55. The molecule has 1 saturated carbocycles. The van der Waals surface area contributed by atoms with Crippen LogP contribution in [-0.2, 0) is 6.42 Å². The van der Waals surface area contributed by atoms with E-state index in [-0.39, 0.29) is 0 Å². The number of nitrogens with one attached hydrogen (secondary N) is 1. The van der Waals surface area contributed by atoms with Gasteiger partial charge in [-0.05, 0) is 25.7 Å². The molecule has 1 aliphatic carbocycles. The summed E-state index contributed by atoms with van der Waals surface area (Å²) >= 11 is 1.67. The summed E-state index contributed by atoms with van der Waals surface area (Å²) in [5.74, 6) is 0. The molecule has 0 unspecified atom stereocenters. The molecule has 0 spiro atoms. The van der Waals surface area contributed by atoms with E-state index in [4.69, 9.17) is 5.73 Å². The molecule has 3 nitrogen and oxygen atoms in total. The third-order valence-electron chi connectivity index (χ3n) is 3.07. The van der Waals surface area contributed by atoms with Crippen molar-refractivity contribution in [3.63, 3.8) is 0 Å². The van der Waals surface area contributed by atoms with Crippen molar-refractivity contribution in [1.29, 1.82) is 0 Å². The Hall–Kier alpha value is -0.450. The van der Waals surface area contributed by atoms with Crippen LogP contribution in [0.4, 0.5) is 0 Å². The summed E-state index contributed by atoms with van der Waals surface area (Å²) in [7, 11) is 0. The van der Waals surface area contributed by atoms with E-state index < -0.39 is 0 Å². The zero-order valence-electron chi connectivity index (χ0n) is 8.98. The fourth-order valence-electron chi connectivity index (χ4n) is 2.09. The molecule has 4 heteroatoms. The number of rotatable bonds is 4. The molecule has 2 rings (SSSR count). The van der Waals surface area contributed by atoms with E-state index in [0.29, 0.717) is 12.1 Å². The van der Waals surface area contributed by atoms with Gasteiger partial charge >= 0.3 is 0 Å². The highest BCUT2D eigenvalue weighted by atomic mass is 32.1. The van der Waals surface area contributed by atoms with Crippen LogP contribution in [0.3, 0.4) is 0 Å². The minimum Gasteiger partial charge on any atom is -0.328 e. The normalized spacial score (nSPS) is 26.7. The molecule has 1 aromatic heterocycles. The van der Waals surface area contributed by atoms with E-state index >= 15 is 0 Å². The number of hydrogen-bond donors (Lipinski definition) is 2. The largest absolute Gasteiger partial charge is 0.328 e. The lowest BCUT2D eigenvalue weighted by Crippen LogP contribution is -2.38. The fourth-order valence-corrected chi connectivity index (χ4v) is 2.68. The zero-order chi connectivity index (χ0) is 10.5. The van der Waals surface area contributed by atoms with Crippen LogP contribution in [0.1, 0.15) is 31.4 Å². The van der Waals surface area contributed by atoms with Gasteiger partial charge in [0, 0.05) is 30.4 Å². The van der Waals surface area contributed by atoms with Crippen molar-refractivity contribution >= 4 is 11.3 Å². The summed E-state index contributed by atoms with van der Waals surface area (Å²) < 4.78 is 0. The Balaban J connectivity index is 1.62. The van der Waals surface area contributed by atoms with Crippen LogP contribution in [0.2, 0.25) is 0 Å². The quantitative estimate of drug-likeness (QED) is 0.817. The Morgan fingerprint density at radius 1 is 1.40 bits per heavy atom. The molecule has 84 valence electrons. The van der Waals surface area contributed by atoms with Gasteiger partial charge in [-0.1, -0.05) is 0 Å². The van der Waals surface area contributed by atoms with Crippen molar-refractivity contribution in [3.05, 3.63) is 16.6 Å². The Morgan fingerprint density at radius 2 is 2.20 bits per heavy atom. The molecule has 0 bridgehead atoms. The summed E-state index contributed by atoms with van der Waals surface area (Å²) in [4.78, 5) is 4.27. The van der Waals surface area contributed by atoms with Gasteiger partial charge in [0.2, 0.25) is 0 Å². The van der Waals surface area contributed by atoms with Gasteiger partial charge < -0.3 is 11.1 Å². The molecule has 0 amide bonds. The van der Waals surface area contributed by atoms with Crippen LogP contribution in [0, 0.1) is 0 Å². The van der Waals surface area contributed by atoms with Crippen molar-refractivity contribution in [2.75, 3.05) is 6.54 Å². The van der Waals surface area contributed by atoms with Gasteiger partial charge in [-0.25, -0.2) is 4.98 Å². The molecule has 0 aromatic carbocycles. The van der Waals surface area contributed by atoms with E-state index in [1.54, 1.807) is 11.3 Å². The second kappa shape index (κ2) is 5.58. The van der Waals surface area contributed by atoms with Gasteiger partial charge in [-0.2, -0.15) is 0 Å². The lowest BCUT2D eigenvalue weighted by molar-refractivity contribution is 0.344. The molecule has 0 aliphatic heterocycles. The molecular formula is C11H19N3S. The van der Waals surface area contributed by atoms with Gasteiger partial charge in [0.1, 0.15) is 0 Å². The molecule has 1 fully saturated rings. The number of thiazole rings is 1. The fraction of sp³-hybridized carbons (Fsp3) is 0.727. The standard InChI is InChI=1S/C11H19N3S/c12-9-1-3-10(4-2-9)13-6-5-11-7-15-8-14-11/h7-10,13H,1-6,12H2. The van der Waals surface area contributed by atoms with Crippen LogP contribution in [0.5, 0.6) is 0 Å². The summed E-state index contributed by atoms with van der Waals surface area (Å²) in [6.45, 7) is 1.05. The maximum Gasteiger partial charge on any atom is 0.0794 e. The highest BCUT2D eigenvalue weighted by Gasteiger charge is 2.17. The average Bonchev–Trinajstić information content (AvgIpc) is 2.74. The Labute approximate surface area is 95.1 Å². The number of hydrogen-bond acceptors (Lipinski definition) is 4. The van der Waals surface area contributed by atoms with Crippen molar-refractivity contribution in [3.8, 4) is 0 Å². The second-order valence-corrected chi connectivity index (χ2v) is 5.01. The molecular weight excluding hydrogens is 206 g/mol. The van der Waals surface area contributed by atoms with Crippen LogP contribution < -0.4 is 11.1 Å². The molecule has 1 aromatic rings. The first-order valence-electron chi connectivity index (χ1n) is 5.70. The smallest absolute Gasteiger partial charge is 0.0794 e. The molecule has 1 heterocycles.